The molecule has 2 N–H and O–H groups in total. The molecule has 0 fully saturated rings. The van der Waals surface area contributed by atoms with Gasteiger partial charge in [0.1, 0.15) is 17.5 Å². The predicted molar refractivity (Wildman–Crippen MR) is 113 cm³/mol. The second kappa shape index (κ2) is 9.96. The number of nitrogens with one attached hydrogen (secondary N) is 2. The molecule has 0 bridgehead atoms. The molecular formula is C23H30N2O4. The Hall–Kier alpha value is -3.02. The van der Waals surface area contributed by atoms with E-state index in [1.165, 1.54) is 0 Å². The number of methoxy groups -OCH3 is 2. The summed E-state index contributed by atoms with van der Waals surface area (Å²) in [4.78, 5) is 25.6. The van der Waals surface area contributed by atoms with Gasteiger partial charge in [-0.1, -0.05) is 31.5 Å². The molecule has 0 spiro atoms. The number of amides is 2. The summed E-state index contributed by atoms with van der Waals surface area (Å²) < 4.78 is 10.7. The Balaban J connectivity index is 2.14. The topological polar surface area (TPSA) is 76.7 Å². The Morgan fingerprint density at radius 2 is 1.66 bits per heavy atom. The molecule has 0 aliphatic carbocycles. The van der Waals surface area contributed by atoms with Crippen molar-refractivity contribution >= 4 is 11.8 Å². The van der Waals surface area contributed by atoms with Crippen LogP contribution >= 0.6 is 0 Å². The van der Waals surface area contributed by atoms with Gasteiger partial charge in [-0.2, -0.15) is 0 Å². The fraction of sp³-hybridized carbons (Fsp3) is 0.391. The Bertz CT molecular complexity index is 864. The van der Waals surface area contributed by atoms with Crippen molar-refractivity contribution in [3.05, 3.63) is 59.2 Å². The van der Waals surface area contributed by atoms with E-state index in [0.717, 1.165) is 11.1 Å². The average Bonchev–Trinajstić information content (AvgIpc) is 2.70. The minimum atomic E-state index is -0.658. The monoisotopic (exact) mass is 398 g/mol. The lowest BCUT2D eigenvalue weighted by atomic mass is 10.0. The highest BCUT2D eigenvalue weighted by molar-refractivity contribution is 5.97. The number of hydrogen-bond acceptors (Lipinski definition) is 4. The van der Waals surface area contributed by atoms with Crippen molar-refractivity contribution in [2.75, 3.05) is 14.2 Å². The van der Waals surface area contributed by atoms with Crippen molar-refractivity contribution in [2.45, 2.75) is 39.8 Å². The maximum Gasteiger partial charge on any atom is 0.251 e. The Morgan fingerprint density at radius 1 is 0.931 bits per heavy atom. The van der Waals surface area contributed by atoms with Gasteiger partial charge in [0.25, 0.3) is 5.91 Å². The molecule has 6 nitrogen and oxygen atoms in total. The summed E-state index contributed by atoms with van der Waals surface area (Å²) in [6.45, 7) is 7.61. The first-order valence-corrected chi connectivity index (χ1v) is 9.66. The van der Waals surface area contributed by atoms with E-state index in [1.54, 1.807) is 32.4 Å². The standard InChI is InChI=1S/C23H30N2O4/c1-14(2)21(25-22(26)17-9-7-8-15(3)12-17)23(27)24-16(4)19-11-10-18(28-5)13-20(19)29-6/h7-14,16,21H,1-6H3,(H,24,27)(H,25,26). The van der Waals surface area contributed by atoms with Crippen molar-refractivity contribution in [1.29, 1.82) is 0 Å². The first kappa shape index (κ1) is 22.3. The zero-order chi connectivity index (χ0) is 21.6. The summed E-state index contributed by atoms with van der Waals surface area (Å²) in [5, 5.41) is 5.84. The van der Waals surface area contributed by atoms with Crippen LogP contribution in [0.4, 0.5) is 0 Å². The zero-order valence-electron chi connectivity index (χ0n) is 17.9. The molecule has 0 saturated heterocycles. The quantitative estimate of drug-likeness (QED) is 0.712. The maximum atomic E-state index is 12.9. The fourth-order valence-electron chi connectivity index (χ4n) is 3.10. The summed E-state index contributed by atoms with van der Waals surface area (Å²) in [5.41, 5.74) is 2.35. The molecule has 2 aromatic rings. The summed E-state index contributed by atoms with van der Waals surface area (Å²) >= 11 is 0. The van der Waals surface area contributed by atoms with Crippen LogP contribution in [0.2, 0.25) is 0 Å². The summed E-state index contributed by atoms with van der Waals surface area (Å²) in [6, 6.07) is 11.8. The number of carbonyl (C=O) groups excluding carboxylic acids is 2. The number of rotatable bonds is 8. The van der Waals surface area contributed by atoms with Crippen molar-refractivity contribution in [2.24, 2.45) is 5.92 Å². The fourth-order valence-corrected chi connectivity index (χ4v) is 3.10. The Morgan fingerprint density at radius 3 is 2.24 bits per heavy atom. The van der Waals surface area contributed by atoms with Crippen LogP contribution in [0.5, 0.6) is 11.5 Å². The van der Waals surface area contributed by atoms with Gasteiger partial charge in [-0.15, -0.1) is 0 Å². The van der Waals surface area contributed by atoms with Gasteiger partial charge in [0.2, 0.25) is 5.91 Å². The maximum absolute atomic E-state index is 12.9. The van der Waals surface area contributed by atoms with Gasteiger partial charge in [0.05, 0.1) is 20.3 Å². The van der Waals surface area contributed by atoms with E-state index >= 15 is 0 Å². The second-order valence-electron chi connectivity index (χ2n) is 7.40. The van der Waals surface area contributed by atoms with E-state index in [0.29, 0.717) is 17.1 Å². The predicted octanol–water partition coefficient (Wildman–Crippen LogP) is 3.64. The highest BCUT2D eigenvalue weighted by Gasteiger charge is 2.26. The molecule has 0 saturated carbocycles. The molecule has 29 heavy (non-hydrogen) atoms. The summed E-state index contributed by atoms with van der Waals surface area (Å²) in [6.07, 6.45) is 0. The number of carbonyl (C=O) groups is 2. The van der Waals surface area contributed by atoms with Crippen LogP contribution in [0.25, 0.3) is 0 Å². The lowest BCUT2D eigenvalue weighted by Crippen LogP contribution is -2.50. The van der Waals surface area contributed by atoms with Crippen LogP contribution in [0.1, 0.15) is 48.3 Å². The number of aryl methyl sites for hydroxylation is 1. The first-order chi connectivity index (χ1) is 13.8. The molecule has 0 aliphatic heterocycles. The third kappa shape index (κ3) is 5.73. The van der Waals surface area contributed by atoms with E-state index in [2.05, 4.69) is 10.6 Å². The van der Waals surface area contributed by atoms with Crippen LogP contribution in [-0.2, 0) is 4.79 Å². The SMILES string of the molecule is COc1ccc(C(C)NC(=O)C(NC(=O)c2cccc(C)c2)C(C)C)c(OC)c1. The molecule has 0 heterocycles. The number of ether oxygens (including phenoxy) is 2. The average molecular weight is 399 g/mol. The summed E-state index contributed by atoms with van der Waals surface area (Å²) in [7, 11) is 3.16. The van der Waals surface area contributed by atoms with Gasteiger partial charge in [-0.25, -0.2) is 0 Å². The van der Waals surface area contributed by atoms with Crippen molar-refractivity contribution < 1.29 is 19.1 Å². The molecule has 2 amide bonds. The second-order valence-corrected chi connectivity index (χ2v) is 7.40. The zero-order valence-corrected chi connectivity index (χ0v) is 17.9. The molecule has 156 valence electrons. The first-order valence-electron chi connectivity index (χ1n) is 9.66. The van der Waals surface area contributed by atoms with Gasteiger partial charge < -0.3 is 20.1 Å². The van der Waals surface area contributed by atoms with E-state index < -0.39 is 6.04 Å². The van der Waals surface area contributed by atoms with Crippen LogP contribution in [0, 0.1) is 12.8 Å². The van der Waals surface area contributed by atoms with Gasteiger partial charge in [0.15, 0.2) is 0 Å². The van der Waals surface area contributed by atoms with Gasteiger partial charge in [-0.05, 0) is 44.0 Å². The Labute approximate surface area is 172 Å². The molecule has 2 rings (SSSR count). The molecule has 0 aromatic heterocycles. The highest BCUT2D eigenvalue weighted by Crippen LogP contribution is 2.29. The largest absolute Gasteiger partial charge is 0.497 e. The van der Waals surface area contributed by atoms with Crippen LogP contribution in [0.15, 0.2) is 42.5 Å². The highest BCUT2D eigenvalue weighted by atomic mass is 16.5. The lowest BCUT2D eigenvalue weighted by molar-refractivity contribution is -0.124. The molecule has 0 radical (unpaired) electrons. The van der Waals surface area contributed by atoms with Gasteiger partial charge >= 0.3 is 0 Å². The van der Waals surface area contributed by atoms with Crippen molar-refractivity contribution in [3.8, 4) is 11.5 Å². The molecule has 2 atom stereocenters. The molecular weight excluding hydrogens is 368 g/mol. The minimum Gasteiger partial charge on any atom is -0.497 e. The van der Waals surface area contributed by atoms with Crippen molar-refractivity contribution in [3.63, 3.8) is 0 Å². The van der Waals surface area contributed by atoms with Crippen LogP contribution in [0.3, 0.4) is 0 Å². The lowest BCUT2D eigenvalue weighted by Gasteiger charge is -2.25. The van der Waals surface area contributed by atoms with E-state index in [-0.39, 0.29) is 23.8 Å². The normalized spacial score (nSPS) is 12.8. The van der Waals surface area contributed by atoms with Crippen LogP contribution in [-0.4, -0.2) is 32.1 Å². The third-order valence-electron chi connectivity index (χ3n) is 4.78. The Kier molecular flexibility index (Phi) is 7.65. The molecule has 2 unspecified atom stereocenters. The minimum absolute atomic E-state index is 0.0753. The van der Waals surface area contributed by atoms with Crippen LogP contribution < -0.4 is 20.1 Å². The smallest absolute Gasteiger partial charge is 0.251 e. The van der Waals surface area contributed by atoms with E-state index in [1.807, 2.05) is 52.0 Å². The molecule has 2 aromatic carbocycles. The van der Waals surface area contributed by atoms with E-state index in [9.17, 15) is 9.59 Å². The number of hydrogen-bond donors (Lipinski definition) is 2. The van der Waals surface area contributed by atoms with Gasteiger partial charge in [0, 0.05) is 17.2 Å². The molecule has 0 aliphatic rings. The number of benzene rings is 2. The van der Waals surface area contributed by atoms with E-state index in [4.69, 9.17) is 9.47 Å². The molecule has 6 heteroatoms. The third-order valence-corrected chi connectivity index (χ3v) is 4.78. The van der Waals surface area contributed by atoms with Crippen molar-refractivity contribution in [1.82, 2.24) is 10.6 Å². The van der Waals surface area contributed by atoms with Gasteiger partial charge in [-0.3, -0.25) is 9.59 Å². The summed E-state index contributed by atoms with van der Waals surface area (Å²) in [5.74, 6) is 0.717.